The fourth-order valence-electron chi connectivity index (χ4n) is 3.77. The monoisotopic (exact) mass is 351 g/mol. The second-order valence-electron chi connectivity index (χ2n) is 6.54. The number of carboxylic acid groups (broad SMARTS) is 2. The van der Waals surface area contributed by atoms with Gasteiger partial charge in [-0.25, -0.2) is 9.59 Å². The van der Waals surface area contributed by atoms with Crippen LogP contribution in [0.25, 0.3) is 0 Å². The average molecular weight is 351 g/mol. The van der Waals surface area contributed by atoms with Gasteiger partial charge in [0.2, 0.25) is 0 Å². The third-order valence-corrected chi connectivity index (χ3v) is 4.91. The van der Waals surface area contributed by atoms with Crippen LogP contribution in [0, 0.1) is 0 Å². The highest BCUT2D eigenvalue weighted by Crippen LogP contribution is 2.43. The molecule has 2 aromatic rings. The van der Waals surface area contributed by atoms with Crippen LogP contribution in [0.4, 0.5) is 0 Å². The minimum Gasteiger partial charge on any atom is -0.478 e. The number of fused-ring (bicyclic) bond motifs is 1. The molecular formula is C21H21NO4. The molecule has 3 N–H and O–H groups in total. The second kappa shape index (κ2) is 7.54. The fourth-order valence-corrected chi connectivity index (χ4v) is 3.77. The Morgan fingerprint density at radius 2 is 1.46 bits per heavy atom. The molecule has 134 valence electrons. The van der Waals surface area contributed by atoms with Crippen molar-refractivity contribution in [1.29, 1.82) is 0 Å². The summed E-state index contributed by atoms with van der Waals surface area (Å²) in [5.74, 6) is -1.90. The van der Waals surface area contributed by atoms with Gasteiger partial charge in [-0.2, -0.15) is 0 Å². The standard InChI is InChI=1S/C17H17N.C4H4O4/c1-11-16-10-12-6-2-3-7-13(12)17(18-11)15-9-5-4-8-14(15)16;5-3(6)1-2-4(7)8/h2-9,11,16-18H,10H2,1H3;1-2H,(H,5,6)(H,7,8)/b;2-1+. The Hall–Kier alpha value is -2.92. The maximum atomic E-state index is 9.55. The van der Waals surface area contributed by atoms with Crippen LogP contribution in [0.5, 0.6) is 0 Å². The number of carbonyl (C=O) groups is 2. The van der Waals surface area contributed by atoms with Gasteiger partial charge < -0.3 is 15.5 Å². The zero-order chi connectivity index (χ0) is 18.7. The van der Waals surface area contributed by atoms with Gasteiger partial charge >= 0.3 is 11.9 Å². The molecule has 5 heteroatoms. The summed E-state index contributed by atoms with van der Waals surface area (Å²) < 4.78 is 0. The van der Waals surface area contributed by atoms with Crippen LogP contribution in [0.2, 0.25) is 0 Å². The van der Waals surface area contributed by atoms with Gasteiger partial charge in [0.15, 0.2) is 0 Å². The number of benzene rings is 2. The number of aliphatic carboxylic acids is 2. The van der Waals surface area contributed by atoms with E-state index in [9.17, 15) is 9.59 Å². The molecule has 1 aliphatic carbocycles. The smallest absolute Gasteiger partial charge is 0.328 e. The Morgan fingerprint density at radius 1 is 0.923 bits per heavy atom. The minimum atomic E-state index is -1.26. The highest BCUT2D eigenvalue weighted by atomic mass is 16.4. The van der Waals surface area contributed by atoms with Crippen molar-refractivity contribution in [1.82, 2.24) is 5.32 Å². The van der Waals surface area contributed by atoms with Crippen molar-refractivity contribution in [3.63, 3.8) is 0 Å². The lowest BCUT2D eigenvalue weighted by atomic mass is 9.82. The van der Waals surface area contributed by atoms with Gasteiger partial charge in [-0.05, 0) is 35.6 Å². The molecule has 26 heavy (non-hydrogen) atoms. The number of carboxylic acids is 2. The maximum Gasteiger partial charge on any atom is 0.328 e. The van der Waals surface area contributed by atoms with Gasteiger partial charge in [-0.1, -0.05) is 48.5 Å². The third-order valence-electron chi connectivity index (χ3n) is 4.91. The predicted octanol–water partition coefficient (Wildman–Crippen LogP) is 3.12. The summed E-state index contributed by atoms with van der Waals surface area (Å²) in [6, 6.07) is 18.8. The molecule has 5 rings (SSSR count). The molecule has 0 aromatic heterocycles. The number of nitrogens with one attached hydrogen (secondary N) is 1. The Kier molecular flexibility index (Phi) is 5.19. The van der Waals surface area contributed by atoms with E-state index >= 15 is 0 Å². The second-order valence-corrected chi connectivity index (χ2v) is 6.54. The van der Waals surface area contributed by atoms with Gasteiger partial charge in [0.1, 0.15) is 0 Å². The molecule has 0 spiro atoms. The first-order valence-corrected chi connectivity index (χ1v) is 8.54. The summed E-state index contributed by atoms with van der Waals surface area (Å²) in [4.78, 5) is 19.1. The van der Waals surface area contributed by atoms with Crippen LogP contribution in [-0.2, 0) is 16.0 Å². The first-order chi connectivity index (χ1) is 12.5. The van der Waals surface area contributed by atoms with Gasteiger partial charge in [0, 0.05) is 24.1 Å². The van der Waals surface area contributed by atoms with Crippen molar-refractivity contribution < 1.29 is 19.8 Å². The molecule has 0 amide bonds. The van der Waals surface area contributed by atoms with Crippen molar-refractivity contribution >= 4 is 11.9 Å². The molecule has 2 aromatic carbocycles. The molecule has 0 fully saturated rings. The van der Waals surface area contributed by atoms with E-state index in [1.807, 2.05) is 0 Å². The lowest BCUT2D eigenvalue weighted by Crippen LogP contribution is -2.39. The van der Waals surface area contributed by atoms with E-state index in [0.29, 0.717) is 30.2 Å². The normalized spacial score (nSPS) is 22.6. The minimum absolute atomic E-state index is 0.381. The molecular weight excluding hydrogens is 330 g/mol. The lowest BCUT2D eigenvalue weighted by Gasteiger charge is -2.34. The van der Waals surface area contributed by atoms with Crippen molar-refractivity contribution in [3.8, 4) is 0 Å². The van der Waals surface area contributed by atoms with E-state index in [-0.39, 0.29) is 0 Å². The zero-order valence-electron chi connectivity index (χ0n) is 14.4. The number of rotatable bonds is 2. The Labute approximate surface area is 152 Å². The largest absolute Gasteiger partial charge is 0.478 e. The zero-order valence-corrected chi connectivity index (χ0v) is 14.4. The van der Waals surface area contributed by atoms with Gasteiger partial charge in [0.05, 0.1) is 6.04 Å². The van der Waals surface area contributed by atoms with Crippen LogP contribution in [0.15, 0.2) is 60.7 Å². The Bertz CT molecular complexity index is 843. The van der Waals surface area contributed by atoms with E-state index in [1.54, 1.807) is 5.56 Å². The molecule has 0 saturated carbocycles. The van der Waals surface area contributed by atoms with Crippen LogP contribution in [0.1, 0.15) is 41.1 Å². The van der Waals surface area contributed by atoms with E-state index in [0.717, 1.165) is 6.42 Å². The first-order valence-electron chi connectivity index (χ1n) is 8.54. The number of hydrogen-bond acceptors (Lipinski definition) is 3. The third kappa shape index (κ3) is 3.68. The van der Waals surface area contributed by atoms with Crippen LogP contribution < -0.4 is 5.32 Å². The molecule has 3 atom stereocenters. The molecule has 0 saturated heterocycles. The van der Waals surface area contributed by atoms with Crippen LogP contribution in [0.3, 0.4) is 0 Å². The lowest BCUT2D eigenvalue weighted by molar-refractivity contribution is -0.134. The maximum absolute atomic E-state index is 9.55. The van der Waals surface area contributed by atoms with Crippen LogP contribution >= 0.6 is 0 Å². The van der Waals surface area contributed by atoms with E-state index in [4.69, 9.17) is 10.2 Å². The summed E-state index contributed by atoms with van der Waals surface area (Å²) >= 11 is 0. The molecule has 2 aliphatic heterocycles. The molecule has 2 heterocycles. The average Bonchev–Trinajstić information content (AvgIpc) is 2.86. The van der Waals surface area contributed by atoms with Gasteiger partial charge in [0.25, 0.3) is 0 Å². The molecule has 2 bridgehead atoms. The predicted molar refractivity (Wildman–Crippen MR) is 98.2 cm³/mol. The summed E-state index contributed by atoms with van der Waals surface area (Å²) in [7, 11) is 0. The van der Waals surface area contributed by atoms with Crippen LogP contribution in [-0.4, -0.2) is 28.2 Å². The summed E-state index contributed by atoms with van der Waals surface area (Å²) in [6.45, 7) is 2.32. The number of hydrogen-bond donors (Lipinski definition) is 3. The first kappa shape index (κ1) is 17.9. The van der Waals surface area contributed by atoms with E-state index in [1.165, 1.54) is 16.7 Å². The SMILES string of the molecule is CC1NC2c3ccccc3CC1c1ccccc12.O=C(O)/C=C/C(=O)O. The van der Waals surface area contributed by atoms with E-state index < -0.39 is 11.9 Å². The van der Waals surface area contributed by atoms with Crippen molar-refractivity contribution in [2.45, 2.75) is 31.3 Å². The molecule has 3 unspecified atom stereocenters. The highest BCUT2D eigenvalue weighted by molar-refractivity contribution is 5.89. The summed E-state index contributed by atoms with van der Waals surface area (Å²) in [5, 5.41) is 19.4. The van der Waals surface area contributed by atoms with E-state index in [2.05, 4.69) is 60.8 Å². The quantitative estimate of drug-likeness (QED) is 0.724. The van der Waals surface area contributed by atoms with Crippen molar-refractivity contribution in [2.24, 2.45) is 0 Å². The van der Waals surface area contributed by atoms with Crippen molar-refractivity contribution in [3.05, 3.63) is 82.9 Å². The Morgan fingerprint density at radius 3 is 2.08 bits per heavy atom. The highest BCUT2D eigenvalue weighted by Gasteiger charge is 2.36. The molecule has 3 aliphatic rings. The van der Waals surface area contributed by atoms with Crippen molar-refractivity contribution in [2.75, 3.05) is 0 Å². The fraction of sp³-hybridized carbons (Fsp3) is 0.238. The summed E-state index contributed by atoms with van der Waals surface area (Å²) in [5.41, 5.74) is 6.01. The Balaban J connectivity index is 0.000000211. The van der Waals surface area contributed by atoms with Gasteiger partial charge in [-0.15, -0.1) is 0 Å². The summed E-state index contributed by atoms with van der Waals surface area (Å²) in [6.07, 6.45) is 2.28. The topological polar surface area (TPSA) is 86.6 Å². The molecule has 5 nitrogen and oxygen atoms in total. The molecule has 0 radical (unpaired) electrons. The van der Waals surface area contributed by atoms with Gasteiger partial charge in [-0.3, -0.25) is 0 Å².